The van der Waals surface area contributed by atoms with Crippen molar-refractivity contribution >= 4 is 27.6 Å². The lowest BCUT2D eigenvalue weighted by Gasteiger charge is -2.10. The summed E-state index contributed by atoms with van der Waals surface area (Å²) in [6.45, 7) is 1.77. The van der Waals surface area contributed by atoms with Crippen LogP contribution in [-0.4, -0.2) is 16.0 Å². The highest BCUT2D eigenvalue weighted by Gasteiger charge is 2.19. The Morgan fingerprint density at radius 2 is 1.95 bits per heavy atom. The molecule has 0 aromatic heterocycles. The molecule has 108 valence electrons. The van der Waals surface area contributed by atoms with Crippen LogP contribution < -0.4 is 4.74 Å². The van der Waals surface area contributed by atoms with Crippen molar-refractivity contribution < 1.29 is 19.6 Å². The van der Waals surface area contributed by atoms with Crippen LogP contribution in [0.4, 0.5) is 5.69 Å². The van der Waals surface area contributed by atoms with Crippen LogP contribution in [0.15, 0.2) is 40.9 Å². The van der Waals surface area contributed by atoms with E-state index >= 15 is 0 Å². The Labute approximate surface area is 128 Å². The van der Waals surface area contributed by atoms with Crippen molar-refractivity contribution in [2.75, 3.05) is 0 Å². The third-order valence-corrected chi connectivity index (χ3v) is 3.20. The second kappa shape index (κ2) is 5.92. The summed E-state index contributed by atoms with van der Waals surface area (Å²) in [4.78, 5) is 21.6. The monoisotopic (exact) mass is 351 g/mol. The smallest absolute Gasteiger partial charge is 0.339 e. The molecule has 2 aromatic rings. The molecule has 1 N–H and O–H groups in total. The Bertz CT molecular complexity index is 729. The number of aromatic carboxylic acids is 1. The SMILES string of the molecule is Cc1ccc(C(=O)O)c(Oc2ccc(Br)cc2[N+](=O)[O-])c1. The third kappa shape index (κ3) is 3.38. The standard InChI is InChI=1S/C14H10BrNO5/c1-8-2-4-10(14(17)18)13(6-8)21-12-5-3-9(15)7-11(12)16(19)20/h2-7H,1H3,(H,17,18). The number of carboxylic acids is 1. The highest BCUT2D eigenvalue weighted by molar-refractivity contribution is 9.10. The van der Waals surface area contributed by atoms with Crippen LogP contribution >= 0.6 is 15.9 Å². The van der Waals surface area contributed by atoms with E-state index in [1.54, 1.807) is 19.1 Å². The summed E-state index contributed by atoms with van der Waals surface area (Å²) >= 11 is 3.15. The molecule has 0 radical (unpaired) electrons. The fourth-order valence-electron chi connectivity index (χ4n) is 1.73. The number of carboxylic acid groups (broad SMARTS) is 1. The number of nitro benzene ring substituents is 1. The van der Waals surface area contributed by atoms with Crippen LogP contribution in [0, 0.1) is 17.0 Å². The van der Waals surface area contributed by atoms with Gasteiger partial charge < -0.3 is 9.84 Å². The number of nitrogens with zero attached hydrogens (tertiary/aromatic N) is 1. The van der Waals surface area contributed by atoms with Gasteiger partial charge in [0.1, 0.15) is 11.3 Å². The molecule has 2 rings (SSSR count). The molecule has 0 bridgehead atoms. The van der Waals surface area contributed by atoms with E-state index in [9.17, 15) is 14.9 Å². The van der Waals surface area contributed by atoms with E-state index in [2.05, 4.69) is 15.9 Å². The number of hydrogen-bond donors (Lipinski definition) is 1. The van der Waals surface area contributed by atoms with Crippen molar-refractivity contribution in [2.45, 2.75) is 6.92 Å². The van der Waals surface area contributed by atoms with Gasteiger partial charge in [-0.1, -0.05) is 22.0 Å². The van der Waals surface area contributed by atoms with Gasteiger partial charge in [-0.05, 0) is 36.8 Å². The van der Waals surface area contributed by atoms with Crippen LogP contribution in [0.1, 0.15) is 15.9 Å². The van der Waals surface area contributed by atoms with Gasteiger partial charge in [-0.15, -0.1) is 0 Å². The van der Waals surface area contributed by atoms with Gasteiger partial charge in [-0.2, -0.15) is 0 Å². The summed E-state index contributed by atoms with van der Waals surface area (Å²) in [7, 11) is 0. The molecule has 0 fully saturated rings. The van der Waals surface area contributed by atoms with Crippen LogP contribution in [0.25, 0.3) is 0 Å². The van der Waals surface area contributed by atoms with Crippen LogP contribution in [0.2, 0.25) is 0 Å². The van der Waals surface area contributed by atoms with Crippen molar-refractivity contribution in [1.29, 1.82) is 0 Å². The normalized spacial score (nSPS) is 10.2. The fraction of sp³-hybridized carbons (Fsp3) is 0.0714. The first-order valence-electron chi connectivity index (χ1n) is 5.84. The van der Waals surface area contributed by atoms with Gasteiger partial charge in [0.05, 0.1) is 4.92 Å². The first kappa shape index (κ1) is 15.0. The molecule has 0 spiro atoms. The Morgan fingerprint density at radius 1 is 1.24 bits per heavy atom. The minimum absolute atomic E-state index is 0.0173. The molecule has 21 heavy (non-hydrogen) atoms. The molecule has 0 saturated carbocycles. The van der Waals surface area contributed by atoms with E-state index in [0.29, 0.717) is 4.47 Å². The number of halogens is 1. The third-order valence-electron chi connectivity index (χ3n) is 2.71. The molecule has 7 heteroatoms. The number of hydrogen-bond acceptors (Lipinski definition) is 4. The molecule has 0 aliphatic rings. The number of nitro groups is 1. The van der Waals surface area contributed by atoms with Crippen molar-refractivity contribution in [3.05, 3.63) is 62.1 Å². The van der Waals surface area contributed by atoms with Gasteiger partial charge in [-0.3, -0.25) is 10.1 Å². The second-order valence-electron chi connectivity index (χ2n) is 4.28. The van der Waals surface area contributed by atoms with Gasteiger partial charge in [0.15, 0.2) is 0 Å². The summed E-state index contributed by atoms with van der Waals surface area (Å²) in [5.41, 5.74) is 0.481. The predicted octanol–water partition coefficient (Wildman–Crippen LogP) is 4.16. The molecule has 0 aliphatic carbocycles. The maximum atomic E-state index is 11.2. The topological polar surface area (TPSA) is 89.7 Å². The van der Waals surface area contributed by atoms with Crippen LogP contribution in [0.5, 0.6) is 11.5 Å². The van der Waals surface area contributed by atoms with Gasteiger partial charge in [-0.25, -0.2) is 4.79 Å². The minimum atomic E-state index is -1.16. The molecule has 0 amide bonds. The Morgan fingerprint density at radius 3 is 2.57 bits per heavy atom. The maximum absolute atomic E-state index is 11.2. The fourth-order valence-corrected chi connectivity index (χ4v) is 2.08. The molecule has 0 unspecified atom stereocenters. The van der Waals surface area contributed by atoms with Gasteiger partial charge in [0, 0.05) is 10.5 Å². The second-order valence-corrected chi connectivity index (χ2v) is 5.19. The number of benzene rings is 2. The van der Waals surface area contributed by atoms with Crippen molar-refractivity contribution in [1.82, 2.24) is 0 Å². The number of carbonyl (C=O) groups is 1. The molecular weight excluding hydrogens is 342 g/mol. The lowest BCUT2D eigenvalue weighted by Crippen LogP contribution is -2.01. The molecule has 0 atom stereocenters. The lowest BCUT2D eigenvalue weighted by atomic mass is 10.1. The number of aryl methyl sites for hydroxylation is 1. The quantitative estimate of drug-likeness (QED) is 0.659. The first-order valence-corrected chi connectivity index (χ1v) is 6.63. The zero-order valence-electron chi connectivity index (χ0n) is 10.9. The minimum Gasteiger partial charge on any atom is -0.478 e. The average Bonchev–Trinajstić information content (AvgIpc) is 2.40. The number of ether oxygens (including phenoxy) is 1. The highest BCUT2D eigenvalue weighted by atomic mass is 79.9. The first-order chi connectivity index (χ1) is 9.88. The van der Waals surface area contributed by atoms with Crippen molar-refractivity contribution in [2.24, 2.45) is 0 Å². The molecule has 0 heterocycles. The van der Waals surface area contributed by atoms with E-state index in [1.165, 1.54) is 24.3 Å². The van der Waals surface area contributed by atoms with Gasteiger partial charge in [0.25, 0.3) is 0 Å². The largest absolute Gasteiger partial charge is 0.478 e. The Balaban J connectivity index is 2.50. The van der Waals surface area contributed by atoms with E-state index < -0.39 is 10.9 Å². The van der Waals surface area contributed by atoms with Crippen molar-refractivity contribution in [3.8, 4) is 11.5 Å². The van der Waals surface area contributed by atoms with Gasteiger partial charge >= 0.3 is 11.7 Å². The average molecular weight is 352 g/mol. The van der Waals surface area contributed by atoms with E-state index in [-0.39, 0.29) is 22.7 Å². The molecule has 0 aliphatic heterocycles. The molecule has 2 aromatic carbocycles. The lowest BCUT2D eigenvalue weighted by molar-refractivity contribution is -0.385. The maximum Gasteiger partial charge on any atom is 0.339 e. The summed E-state index contributed by atoms with van der Waals surface area (Å²) in [5.74, 6) is -1.12. The van der Waals surface area contributed by atoms with E-state index in [4.69, 9.17) is 9.84 Å². The predicted molar refractivity (Wildman–Crippen MR) is 79.0 cm³/mol. The Hall–Kier alpha value is -2.41. The number of rotatable bonds is 4. The summed E-state index contributed by atoms with van der Waals surface area (Å²) < 4.78 is 5.99. The van der Waals surface area contributed by atoms with E-state index in [0.717, 1.165) is 5.56 Å². The zero-order valence-corrected chi connectivity index (χ0v) is 12.5. The van der Waals surface area contributed by atoms with Crippen LogP contribution in [-0.2, 0) is 0 Å². The molecule has 0 saturated heterocycles. The Kier molecular flexibility index (Phi) is 4.23. The summed E-state index contributed by atoms with van der Waals surface area (Å²) in [6, 6.07) is 8.85. The highest BCUT2D eigenvalue weighted by Crippen LogP contribution is 2.35. The van der Waals surface area contributed by atoms with Crippen LogP contribution in [0.3, 0.4) is 0 Å². The molecular formula is C14H10BrNO5. The molecule has 6 nitrogen and oxygen atoms in total. The van der Waals surface area contributed by atoms with Gasteiger partial charge in [0.2, 0.25) is 5.75 Å². The summed E-state index contributed by atoms with van der Waals surface area (Å²) in [6.07, 6.45) is 0. The van der Waals surface area contributed by atoms with E-state index in [1.807, 2.05) is 0 Å². The van der Waals surface area contributed by atoms with Crippen molar-refractivity contribution in [3.63, 3.8) is 0 Å². The zero-order chi connectivity index (χ0) is 15.6. The summed E-state index contributed by atoms with van der Waals surface area (Å²) in [5, 5.41) is 20.2.